The van der Waals surface area contributed by atoms with Gasteiger partial charge in [0.05, 0.1) is 12.2 Å². The molecular weight excluding hydrogens is 196 g/mol. The Hall–Kier alpha value is -0.450. The van der Waals surface area contributed by atoms with Gasteiger partial charge in [-0.1, -0.05) is 20.3 Å². The van der Waals surface area contributed by atoms with Crippen molar-refractivity contribution in [2.75, 3.05) is 0 Å². The average molecular weight is 218 g/mol. The fourth-order valence-corrected chi connectivity index (χ4v) is 1.70. The van der Waals surface area contributed by atoms with Crippen LogP contribution in [-0.4, -0.2) is 39.4 Å². The minimum Gasteiger partial charge on any atom is -0.390 e. The number of aliphatic hydroxyl groups excluding tert-OH is 3. The highest BCUT2D eigenvalue weighted by Gasteiger charge is 2.32. The Labute approximate surface area is 90.9 Å². The Morgan fingerprint density at radius 1 is 1.13 bits per heavy atom. The molecule has 0 heterocycles. The first-order valence-corrected chi connectivity index (χ1v) is 5.50. The van der Waals surface area contributed by atoms with E-state index in [9.17, 15) is 20.1 Å². The quantitative estimate of drug-likeness (QED) is 0.581. The third-order valence-electron chi connectivity index (χ3n) is 2.70. The van der Waals surface area contributed by atoms with Crippen molar-refractivity contribution in [1.82, 2.24) is 0 Å². The Morgan fingerprint density at radius 2 is 1.67 bits per heavy atom. The molecule has 15 heavy (non-hydrogen) atoms. The Balaban J connectivity index is 4.39. The van der Waals surface area contributed by atoms with Crippen molar-refractivity contribution in [2.24, 2.45) is 5.92 Å². The topological polar surface area (TPSA) is 77.8 Å². The van der Waals surface area contributed by atoms with E-state index in [0.717, 1.165) is 6.42 Å². The van der Waals surface area contributed by atoms with Gasteiger partial charge in [0.15, 0.2) is 0 Å². The van der Waals surface area contributed by atoms with Crippen LogP contribution in [0.15, 0.2) is 0 Å². The molecule has 90 valence electrons. The summed E-state index contributed by atoms with van der Waals surface area (Å²) in [6, 6.07) is 0. The van der Waals surface area contributed by atoms with Gasteiger partial charge < -0.3 is 15.3 Å². The summed E-state index contributed by atoms with van der Waals surface area (Å²) in [6.07, 6.45) is -1.76. The SMILES string of the molecule is CCCC(O)C(O)C(O)C(CC)C(C)=O. The molecule has 4 nitrogen and oxygen atoms in total. The summed E-state index contributed by atoms with van der Waals surface area (Å²) in [7, 11) is 0. The summed E-state index contributed by atoms with van der Waals surface area (Å²) in [5.41, 5.74) is 0. The zero-order chi connectivity index (χ0) is 12.0. The molecule has 4 unspecified atom stereocenters. The Kier molecular flexibility index (Phi) is 6.72. The first kappa shape index (κ1) is 14.6. The van der Waals surface area contributed by atoms with E-state index in [1.165, 1.54) is 6.92 Å². The average Bonchev–Trinajstić information content (AvgIpc) is 2.17. The van der Waals surface area contributed by atoms with Crippen LogP contribution in [0, 0.1) is 5.92 Å². The van der Waals surface area contributed by atoms with Crippen LogP contribution in [0.4, 0.5) is 0 Å². The Bertz CT molecular complexity index is 193. The molecule has 0 rings (SSSR count). The lowest BCUT2D eigenvalue weighted by molar-refractivity contribution is -0.132. The molecule has 0 saturated heterocycles. The standard InChI is InChI=1S/C11H22O4/c1-4-6-9(13)11(15)10(14)8(5-2)7(3)12/h8-11,13-15H,4-6H2,1-3H3. The molecule has 0 saturated carbocycles. The number of rotatable bonds is 7. The van der Waals surface area contributed by atoms with Crippen molar-refractivity contribution in [3.63, 3.8) is 0 Å². The molecule has 0 aromatic carbocycles. The lowest BCUT2D eigenvalue weighted by Gasteiger charge is -2.27. The molecule has 0 aliphatic carbocycles. The summed E-state index contributed by atoms with van der Waals surface area (Å²) in [5.74, 6) is -0.751. The van der Waals surface area contributed by atoms with Gasteiger partial charge in [-0.05, 0) is 19.8 Å². The number of hydrogen-bond donors (Lipinski definition) is 3. The number of aliphatic hydroxyl groups is 3. The van der Waals surface area contributed by atoms with Gasteiger partial charge in [0, 0.05) is 5.92 Å². The molecule has 0 fully saturated rings. The summed E-state index contributed by atoms with van der Waals surface area (Å²) in [4.78, 5) is 11.1. The highest BCUT2D eigenvalue weighted by molar-refractivity contribution is 5.78. The van der Waals surface area contributed by atoms with Gasteiger partial charge in [-0.2, -0.15) is 0 Å². The summed E-state index contributed by atoms with van der Waals surface area (Å²) >= 11 is 0. The van der Waals surface area contributed by atoms with Gasteiger partial charge in [-0.25, -0.2) is 0 Å². The zero-order valence-corrected chi connectivity index (χ0v) is 9.68. The van der Waals surface area contributed by atoms with Gasteiger partial charge >= 0.3 is 0 Å². The minimum absolute atomic E-state index is 0.159. The lowest BCUT2D eigenvalue weighted by atomic mass is 9.89. The number of carbonyl (C=O) groups excluding carboxylic acids is 1. The molecule has 0 aliphatic heterocycles. The predicted molar refractivity (Wildman–Crippen MR) is 57.4 cm³/mol. The van der Waals surface area contributed by atoms with Crippen LogP contribution in [0.3, 0.4) is 0 Å². The van der Waals surface area contributed by atoms with E-state index in [0.29, 0.717) is 12.8 Å². The second-order valence-corrected chi connectivity index (χ2v) is 3.96. The van der Waals surface area contributed by atoms with Crippen LogP contribution in [0.5, 0.6) is 0 Å². The van der Waals surface area contributed by atoms with E-state index in [4.69, 9.17) is 0 Å². The molecule has 3 N–H and O–H groups in total. The zero-order valence-electron chi connectivity index (χ0n) is 9.68. The molecule has 0 bridgehead atoms. The smallest absolute Gasteiger partial charge is 0.135 e. The minimum atomic E-state index is -1.24. The van der Waals surface area contributed by atoms with Crippen LogP contribution in [0.1, 0.15) is 40.0 Å². The molecule has 0 amide bonds. The van der Waals surface area contributed by atoms with Gasteiger partial charge in [-0.3, -0.25) is 4.79 Å². The van der Waals surface area contributed by atoms with E-state index in [-0.39, 0.29) is 5.78 Å². The molecule has 0 aromatic rings. The summed E-state index contributed by atoms with van der Waals surface area (Å²) in [5, 5.41) is 28.8. The molecule has 4 heteroatoms. The van der Waals surface area contributed by atoms with Crippen molar-refractivity contribution >= 4 is 5.78 Å². The normalized spacial score (nSPS) is 19.3. The van der Waals surface area contributed by atoms with Gasteiger partial charge in [0.25, 0.3) is 0 Å². The second-order valence-electron chi connectivity index (χ2n) is 3.96. The number of hydrogen-bond acceptors (Lipinski definition) is 4. The van der Waals surface area contributed by atoms with Gasteiger partial charge in [-0.15, -0.1) is 0 Å². The first-order valence-electron chi connectivity index (χ1n) is 5.50. The van der Waals surface area contributed by atoms with E-state index in [2.05, 4.69) is 0 Å². The maximum Gasteiger partial charge on any atom is 0.135 e. The summed E-state index contributed by atoms with van der Waals surface area (Å²) in [6.45, 7) is 5.04. The van der Waals surface area contributed by atoms with Crippen LogP contribution in [0.25, 0.3) is 0 Å². The van der Waals surface area contributed by atoms with Gasteiger partial charge in [0.1, 0.15) is 11.9 Å². The fourth-order valence-electron chi connectivity index (χ4n) is 1.70. The molecule has 0 aromatic heterocycles. The van der Waals surface area contributed by atoms with Crippen LogP contribution >= 0.6 is 0 Å². The predicted octanol–water partition coefficient (Wildman–Crippen LogP) is 0.484. The second kappa shape index (κ2) is 6.93. The number of ketones is 1. The molecular formula is C11H22O4. The molecule has 4 atom stereocenters. The van der Waals surface area contributed by atoms with Gasteiger partial charge in [0.2, 0.25) is 0 Å². The molecule has 0 aliphatic rings. The van der Waals surface area contributed by atoms with Crippen LogP contribution in [-0.2, 0) is 4.79 Å². The van der Waals surface area contributed by atoms with E-state index < -0.39 is 24.2 Å². The largest absolute Gasteiger partial charge is 0.390 e. The van der Waals surface area contributed by atoms with Crippen LogP contribution < -0.4 is 0 Å². The van der Waals surface area contributed by atoms with E-state index in [1.807, 2.05) is 6.92 Å². The third kappa shape index (κ3) is 4.28. The highest BCUT2D eigenvalue weighted by atomic mass is 16.4. The molecule has 0 spiro atoms. The third-order valence-corrected chi connectivity index (χ3v) is 2.70. The van der Waals surface area contributed by atoms with E-state index >= 15 is 0 Å². The van der Waals surface area contributed by atoms with Crippen molar-refractivity contribution in [3.8, 4) is 0 Å². The monoisotopic (exact) mass is 218 g/mol. The Morgan fingerprint density at radius 3 is 2.00 bits per heavy atom. The highest BCUT2D eigenvalue weighted by Crippen LogP contribution is 2.17. The van der Waals surface area contributed by atoms with Crippen molar-refractivity contribution in [1.29, 1.82) is 0 Å². The van der Waals surface area contributed by atoms with E-state index in [1.54, 1.807) is 6.92 Å². The maximum absolute atomic E-state index is 11.1. The number of Topliss-reactive ketones (excluding diaryl/α,β-unsaturated/α-hetero) is 1. The fraction of sp³-hybridized carbons (Fsp3) is 0.909. The van der Waals surface area contributed by atoms with Crippen LogP contribution in [0.2, 0.25) is 0 Å². The molecule has 0 radical (unpaired) electrons. The lowest BCUT2D eigenvalue weighted by Crippen LogP contribution is -2.43. The first-order chi connectivity index (χ1) is 6.95. The van der Waals surface area contributed by atoms with Crippen molar-refractivity contribution in [2.45, 2.75) is 58.3 Å². The van der Waals surface area contributed by atoms with Crippen molar-refractivity contribution < 1.29 is 20.1 Å². The summed E-state index contributed by atoms with van der Waals surface area (Å²) < 4.78 is 0. The maximum atomic E-state index is 11.1. The number of carbonyl (C=O) groups is 1. The van der Waals surface area contributed by atoms with Crippen molar-refractivity contribution in [3.05, 3.63) is 0 Å².